The summed E-state index contributed by atoms with van der Waals surface area (Å²) in [6, 6.07) is -0.623. The summed E-state index contributed by atoms with van der Waals surface area (Å²) in [5, 5.41) is 22.0. The lowest BCUT2D eigenvalue weighted by atomic mass is 10.1. The molecule has 3 N–H and O–H groups in total. The van der Waals surface area contributed by atoms with Crippen LogP contribution >= 0.6 is 0 Å². The molecule has 0 aromatic carbocycles. The molecular weight excluding hydrogens is 256 g/mol. The van der Waals surface area contributed by atoms with E-state index in [9.17, 15) is 19.8 Å². The molecule has 0 radical (unpaired) electrons. The molecule has 2 aliphatic rings. The number of nitrogens with one attached hydrogen (secondary N) is 1. The number of urea groups is 1. The third kappa shape index (κ3) is 2.28. The molecule has 0 aromatic rings. The van der Waals surface area contributed by atoms with Crippen LogP contribution in [0.2, 0.25) is 0 Å². The van der Waals surface area contributed by atoms with Gasteiger partial charge in [-0.3, -0.25) is 4.79 Å². The molecule has 0 aromatic heterocycles. The topological polar surface area (TPSA) is 105 Å². The van der Waals surface area contributed by atoms with Crippen LogP contribution in [0.4, 0.5) is 4.79 Å². The van der Waals surface area contributed by atoms with Crippen LogP contribution in [-0.4, -0.2) is 71.9 Å². The Morgan fingerprint density at radius 2 is 2.11 bits per heavy atom. The number of hydrogen-bond acceptors (Lipinski definition) is 6. The van der Waals surface area contributed by atoms with Crippen molar-refractivity contribution in [1.82, 2.24) is 5.32 Å². The number of rotatable bonds is 3. The molecule has 1 fully saturated rings. The van der Waals surface area contributed by atoms with Gasteiger partial charge in [0.2, 0.25) is 6.23 Å². The second kappa shape index (κ2) is 4.99. The number of hydrogen-bond donors (Lipinski definition) is 3. The van der Waals surface area contributed by atoms with E-state index >= 15 is 0 Å². The molecule has 2 rings (SSSR count). The molecule has 0 spiro atoms. The average Bonchev–Trinajstić information content (AvgIpc) is 2.64. The van der Waals surface area contributed by atoms with Crippen LogP contribution in [0.5, 0.6) is 0 Å². The first-order chi connectivity index (χ1) is 8.90. The lowest BCUT2D eigenvalue weighted by Gasteiger charge is -2.35. The predicted octanol–water partition coefficient (Wildman–Crippen LogP) is -1.71. The van der Waals surface area contributed by atoms with Gasteiger partial charge in [-0.25, -0.2) is 10.1 Å². The summed E-state index contributed by atoms with van der Waals surface area (Å²) in [7, 11) is 2.92. The molecule has 5 atom stereocenters. The van der Waals surface area contributed by atoms with Crippen molar-refractivity contribution in [2.45, 2.75) is 24.5 Å². The summed E-state index contributed by atoms with van der Waals surface area (Å²) in [5.74, 6) is -0.526. The van der Waals surface area contributed by atoms with Gasteiger partial charge in [0, 0.05) is 7.11 Å². The van der Waals surface area contributed by atoms with Gasteiger partial charge in [-0.15, -0.1) is 0 Å². The second-order valence-corrected chi connectivity index (χ2v) is 4.76. The highest BCUT2D eigenvalue weighted by molar-refractivity contribution is 6.00. The smallest absolute Gasteiger partial charge is 0.387 e. The van der Waals surface area contributed by atoms with Gasteiger partial charge in [0.1, 0.15) is 18.4 Å². The number of aliphatic hydroxyl groups is 2. The molecule has 2 heterocycles. The van der Waals surface area contributed by atoms with Gasteiger partial charge in [-0.05, 0) is 0 Å². The number of imide groups is 1. The van der Waals surface area contributed by atoms with Crippen molar-refractivity contribution in [2.24, 2.45) is 0 Å². The van der Waals surface area contributed by atoms with E-state index in [0.29, 0.717) is 0 Å². The Bertz CT molecular complexity index is 425. The minimum Gasteiger partial charge on any atom is -0.387 e. The fourth-order valence-electron chi connectivity index (χ4n) is 2.23. The number of carbonyl (C=O) groups excluding carboxylic acids is 2. The molecule has 8 heteroatoms. The first kappa shape index (κ1) is 14.1. The van der Waals surface area contributed by atoms with Crippen LogP contribution in [0.25, 0.3) is 0 Å². The van der Waals surface area contributed by atoms with E-state index in [2.05, 4.69) is 5.32 Å². The minimum atomic E-state index is -1.26. The normalized spacial score (nSPS) is 42.5. The van der Waals surface area contributed by atoms with Crippen molar-refractivity contribution < 1.29 is 33.8 Å². The lowest BCUT2D eigenvalue weighted by Crippen LogP contribution is -2.63. The number of aliphatic hydroxyl groups excluding tert-OH is 2. The molecule has 2 aliphatic heterocycles. The Balaban J connectivity index is 2.24. The number of carbonyl (C=O) groups is 2. The van der Waals surface area contributed by atoms with E-state index in [4.69, 9.17) is 9.47 Å². The summed E-state index contributed by atoms with van der Waals surface area (Å²) in [6.07, 6.45) is -1.62. The maximum absolute atomic E-state index is 11.9. The average molecular weight is 273 g/mol. The SMILES string of the molecule is COC[C@H]1O[C@@H]([N+]2(C)C=CC(=O)NC2=O)[C@H](O)[C@@H]1O. The fraction of sp³-hybridized carbons (Fsp3) is 0.636. The van der Waals surface area contributed by atoms with Crippen LogP contribution < -0.4 is 5.32 Å². The summed E-state index contributed by atoms with van der Waals surface area (Å²) < 4.78 is 9.91. The highest BCUT2D eigenvalue weighted by atomic mass is 16.6. The van der Waals surface area contributed by atoms with Crippen molar-refractivity contribution in [2.75, 3.05) is 20.8 Å². The Morgan fingerprint density at radius 3 is 2.68 bits per heavy atom. The van der Waals surface area contributed by atoms with Crippen molar-refractivity contribution >= 4 is 11.9 Å². The number of amides is 3. The molecule has 1 unspecified atom stereocenters. The number of methoxy groups -OCH3 is 1. The minimum absolute atomic E-state index is 0.0962. The maximum atomic E-state index is 11.9. The van der Waals surface area contributed by atoms with Crippen LogP contribution in [0.15, 0.2) is 12.3 Å². The molecule has 8 nitrogen and oxygen atoms in total. The summed E-state index contributed by atoms with van der Waals surface area (Å²) in [5.41, 5.74) is 0. The van der Waals surface area contributed by atoms with E-state index in [1.807, 2.05) is 0 Å². The van der Waals surface area contributed by atoms with Crippen molar-refractivity contribution in [3.63, 3.8) is 0 Å². The van der Waals surface area contributed by atoms with Gasteiger partial charge >= 0.3 is 6.03 Å². The molecular formula is C11H17N2O6+. The van der Waals surface area contributed by atoms with E-state index in [1.54, 1.807) is 0 Å². The van der Waals surface area contributed by atoms with Gasteiger partial charge in [0.25, 0.3) is 5.91 Å². The first-order valence-corrected chi connectivity index (χ1v) is 5.81. The summed E-state index contributed by atoms with van der Waals surface area (Å²) >= 11 is 0. The maximum Gasteiger partial charge on any atom is 0.430 e. The quantitative estimate of drug-likeness (QED) is 0.529. The standard InChI is InChI=1S/C11H16N2O6/c1-13(4-3-7(14)12-11(13)17)10-9(16)8(15)6(19-10)5-18-2/h3-4,6,8-10,15-16H,5H2,1-2H3/p+1/t6-,8-,9-,10-,13?/m1/s1. The molecule has 1 saturated heterocycles. The number of likely N-dealkylation sites (N-methyl/N-ethyl adjacent to an activating group) is 1. The molecule has 0 saturated carbocycles. The number of ether oxygens (including phenoxy) is 2. The van der Waals surface area contributed by atoms with Crippen LogP contribution in [0, 0.1) is 0 Å². The van der Waals surface area contributed by atoms with E-state index < -0.39 is 41.0 Å². The van der Waals surface area contributed by atoms with E-state index in [1.165, 1.54) is 26.4 Å². The highest BCUT2D eigenvalue weighted by Crippen LogP contribution is 2.30. The molecule has 0 bridgehead atoms. The number of nitrogens with zero attached hydrogens (tertiary/aromatic N) is 1. The fourth-order valence-corrected chi connectivity index (χ4v) is 2.23. The zero-order chi connectivity index (χ0) is 14.2. The van der Waals surface area contributed by atoms with Crippen molar-refractivity contribution in [1.29, 1.82) is 0 Å². The molecule has 3 amide bonds. The zero-order valence-electron chi connectivity index (χ0n) is 10.6. The Hall–Kier alpha value is -1.32. The second-order valence-electron chi connectivity index (χ2n) is 4.76. The highest BCUT2D eigenvalue weighted by Gasteiger charge is 2.55. The Labute approximate surface area is 109 Å². The van der Waals surface area contributed by atoms with Crippen molar-refractivity contribution in [3.8, 4) is 0 Å². The largest absolute Gasteiger partial charge is 0.430 e. The first-order valence-electron chi connectivity index (χ1n) is 5.81. The molecule has 106 valence electrons. The third-order valence-corrected chi connectivity index (χ3v) is 3.40. The van der Waals surface area contributed by atoms with E-state index in [-0.39, 0.29) is 6.61 Å². The van der Waals surface area contributed by atoms with E-state index in [0.717, 1.165) is 0 Å². The van der Waals surface area contributed by atoms with Crippen LogP contribution in [-0.2, 0) is 14.3 Å². The van der Waals surface area contributed by atoms with Gasteiger partial charge in [0.15, 0.2) is 6.10 Å². The zero-order valence-corrected chi connectivity index (χ0v) is 10.6. The molecule has 0 aliphatic carbocycles. The van der Waals surface area contributed by atoms with Crippen molar-refractivity contribution in [3.05, 3.63) is 12.3 Å². The third-order valence-electron chi connectivity index (χ3n) is 3.40. The summed E-state index contributed by atoms with van der Waals surface area (Å²) in [4.78, 5) is 23.0. The Morgan fingerprint density at radius 1 is 1.42 bits per heavy atom. The monoisotopic (exact) mass is 273 g/mol. The van der Waals surface area contributed by atoms with Crippen LogP contribution in [0.1, 0.15) is 0 Å². The van der Waals surface area contributed by atoms with Gasteiger partial charge < -0.3 is 19.7 Å². The van der Waals surface area contributed by atoms with Gasteiger partial charge in [0.05, 0.1) is 19.7 Å². The number of quaternary nitrogens is 1. The van der Waals surface area contributed by atoms with Gasteiger partial charge in [-0.2, -0.15) is 4.48 Å². The lowest BCUT2D eigenvalue weighted by molar-refractivity contribution is -0.836. The predicted molar refractivity (Wildman–Crippen MR) is 61.4 cm³/mol. The summed E-state index contributed by atoms with van der Waals surface area (Å²) in [6.45, 7) is 0.0962. The Kier molecular flexibility index (Phi) is 3.70. The van der Waals surface area contributed by atoms with Crippen LogP contribution in [0.3, 0.4) is 0 Å². The van der Waals surface area contributed by atoms with Gasteiger partial charge in [-0.1, -0.05) is 0 Å². The molecule has 19 heavy (non-hydrogen) atoms.